The Bertz CT molecular complexity index is 1780. The lowest BCUT2D eigenvalue weighted by Gasteiger charge is -2.12. The summed E-state index contributed by atoms with van der Waals surface area (Å²) in [4.78, 5) is 39.8. The molecule has 8 heteroatoms. The zero-order chi connectivity index (χ0) is 29.3. The van der Waals surface area contributed by atoms with Gasteiger partial charge in [0.25, 0.3) is 11.8 Å². The van der Waals surface area contributed by atoms with Crippen LogP contribution in [0.4, 0.5) is 11.4 Å². The molecule has 5 aromatic carbocycles. The van der Waals surface area contributed by atoms with Crippen molar-refractivity contribution in [2.75, 3.05) is 16.4 Å². The molecule has 208 valence electrons. The summed E-state index contributed by atoms with van der Waals surface area (Å²) in [5.41, 5.74) is 2.41. The molecule has 0 aliphatic heterocycles. The highest BCUT2D eigenvalue weighted by Crippen LogP contribution is 2.25. The van der Waals surface area contributed by atoms with E-state index in [0.717, 1.165) is 21.4 Å². The molecular formula is C34H26ClN3O3S. The molecule has 0 aliphatic rings. The average Bonchev–Trinajstić information content (AvgIpc) is 3.00. The molecule has 0 fully saturated rings. The fourth-order valence-corrected chi connectivity index (χ4v) is 5.19. The van der Waals surface area contributed by atoms with Crippen molar-refractivity contribution in [3.05, 3.63) is 143 Å². The molecule has 5 aromatic rings. The summed E-state index contributed by atoms with van der Waals surface area (Å²) in [6.45, 7) is 0. The predicted molar refractivity (Wildman–Crippen MR) is 172 cm³/mol. The first-order chi connectivity index (χ1) is 20.4. The molecular weight excluding hydrogens is 566 g/mol. The van der Waals surface area contributed by atoms with E-state index < -0.39 is 11.8 Å². The van der Waals surface area contributed by atoms with Gasteiger partial charge in [0.05, 0.1) is 5.75 Å². The molecule has 6 nitrogen and oxygen atoms in total. The summed E-state index contributed by atoms with van der Waals surface area (Å²) in [7, 11) is 0. The zero-order valence-electron chi connectivity index (χ0n) is 22.3. The van der Waals surface area contributed by atoms with E-state index in [1.54, 1.807) is 72.8 Å². The number of halogens is 1. The summed E-state index contributed by atoms with van der Waals surface area (Å²) in [6, 6.07) is 36.5. The van der Waals surface area contributed by atoms with E-state index in [0.29, 0.717) is 21.8 Å². The van der Waals surface area contributed by atoms with Crippen molar-refractivity contribution in [1.82, 2.24) is 5.32 Å². The standard InChI is InChI=1S/C34H26ClN3O3S/c35-26-14-6-9-23(19-26)20-31(38-33(40)25-11-2-1-3-12-25)34(41)36-27-15-8-16-28(21-27)42-22-32(39)37-30-18-7-13-24-10-4-5-17-29(24)30/h1-21H,22H2,(H,36,41)(H,37,39)(H,38,40)/b31-20-. The fraction of sp³-hybridized carbons (Fsp3) is 0.0294. The van der Waals surface area contributed by atoms with Gasteiger partial charge in [-0.2, -0.15) is 0 Å². The van der Waals surface area contributed by atoms with Gasteiger partial charge in [-0.25, -0.2) is 0 Å². The number of benzene rings is 5. The van der Waals surface area contributed by atoms with Crippen LogP contribution in [-0.4, -0.2) is 23.5 Å². The van der Waals surface area contributed by atoms with Crippen LogP contribution in [0.1, 0.15) is 15.9 Å². The number of rotatable bonds is 9. The van der Waals surface area contributed by atoms with Crippen LogP contribution < -0.4 is 16.0 Å². The third-order valence-corrected chi connectivity index (χ3v) is 7.44. The number of hydrogen-bond acceptors (Lipinski definition) is 4. The van der Waals surface area contributed by atoms with Crippen LogP contribution in [0.5, 0.6) is 0 Å². The van der Waals surface area contributed by atoms with Gasteiger partial charge in [-0.15, -0.1) is 11.8 Å². The Balaban J connectivity index is 1.27. The second kappa shape index (κ2) is 13.7. The smallest absolute Gasteiger partial charge is 0.272 e. The Morgan fingerprint density at radius 3 is 2.31 bits per heavy atom. The van der Waals surface area contributed by atoms with E-state index in [-0.39, 0.29) is 17.4 Å². The maximum atomic E-state index is 13.4. The van der Waals surface area contributed by atoms with Gasteiger partial charge in [-0.05, 0) is 65.6 Å². The van der Waals surface area contributed by atoms with Crippen molar-refractivity contribution in [3.8, 4) is 0 Å². The molecule has 0 heterocycles. The predicted octanol–water partition coefficient (Wildman–Crippen LogP) is 7.63. The van der Waals surface area contributed by atoms with Crippen LogP contribution >= 0.6 is 23.4 Å². The molecule has 0 radical (unpaired) electrons. The average molecular weight is 592 g/mol. The van der Waals surface area contributed by atoms with Crippen molar-refractivity contribution in [2.24, 2.45) is 0 Å². The number of amides is 3. The summed E-state index contributed by atoms with van der Waals surface area (Å²) >= 11 is 7.48. The molecule has 3 amide bonds. The molecule has 42 heavy (non-hydrogen) atoms. The van der Waals surface area contributed by atoms with Crippen LogP contribution in [0.2, 0.25) is 5.02 Å². The minimum Gasteiger partial charge on any atom is -0.325 e. The highest BCUT2D eigenvalue weighted by atomic mass is 35.5. The number of thioether (sulfide) groups is 1. The van der Waals surface area contributed by atoms with Crippen molar-refractivity contribution < 1.29 is 14.4 Å². The Labute approximate surface area is 252 Å². The Morgan fingerprint density at radius 1 is 0.738 bits per heavy atom. The molecule has 0 atom stereocenters. The zero-order valence-corrected chi connectivity index (χ0v) is 23.9. The molecule has 3 N–H and O–H groups in total. The summed E-state index contributed by atoms with van der Waals surface area (Å²) in [5, 5.41) is 11.1. The lowest BCUT2D eigenvalue weighted by Crippen LogP contribution is -2.30. The highest BCUT2D eigenvalue weighted by Gasteiger charge is 2.16. The van der Waals surface area contributed by atoms with Gasteiger partial charge >= 0.3 is 0 Å². The van der Waals surface area contributed by atoms with Crippen molar-refractivity contribution in [3.63, 3.8) is 0 Å². The van der Waals surface area contributed by atoms with E-state index in [2.05, 4.69) is 16.0 Å². The second-order valence-corrected chi connectivity index (χ2v) is 10.8. The van der Waals surface area contributed by atoms with Crippen molar-refractivity contribution >= 4 is 69.3 Å². The first-order valence-corrected chi connectivity index (χ1v) is 14.5. The van der Waals surface area contributed by atoms with Gasteiger partial charge in [0.2, 0.25) is 5.91 Å². The van der Waals surface area contributed by atoms with Gasteiger partial charge in [0.1, 0.15) is 5.70 Å². The molecule has 0 aliphatic carbocycles. The van der Waals surface area contributed by atoms with Gasteiger partial charge in [0, 0.05) is 32.2 Å². The summed E-state index contributed by atoms with van der Waals surface area (Å²) in [6.07, 6.45) is 1.57. The third kappa shape index (κ3) is 7.66. The fourth-order valence-electron chi connectivity index (χ4n) is 4.24. The van der Waals surface area contributed by atoms with E-state index in [1.807, 2.05) is 54.6 Å². The second-order valence-electron chi connectivity index (χ2n) is 9.28. The normalized spacial score (nSPS) is 11.1. The maximum absolute atomic E-state index is 13.4. The van der Waals surface area contributed by atoms with Gasteiger partial charge in [-0.3, -0.25) is 14.4 Å². The Morgan fingerprint density at radius 2 is 1.48 bits per heavy atom. The van der Waals surface area contributed by atoms with Crippen molar-refractivity contribution in [1.29, 1.82) is 0 Å². The Hall–Kier alpha value is -4.85. The molecule has 0 saturated heterocycles. The lowest BCUT2D eigenvalue weighted by atomic mass is 10.1. The molecule has 0 bridgehead atoms. The molecule has 0 unspecified atom stereocenters. The third-order valence-electron chi connectivity index (χ3n) is 6.21. The molecule has 0 aromatic heterocycles. The summed E-state index contributed by atoms with van der Waals surface area (Å²) < 4.78 is 0. The van der Waals surface area contributed by atoms with Crippen molar-refractivity contribution in [2.45, 2.75) is 4.90 Å². The topological polar surface area (TPSA) is 87.3 Å². The highest BCUT2D eigenvalue weighted by molar-refractivity contribution is 8.00. The number of carbonyl (C=O) groups is 3. The van der Waals surface area contributed by atoms with E-state index in [1.165, 1.54) is 11.8 Å². The van der Waals surface area contributed by atoms with Gasteiger partial charge in [-0.1, -0.05) is 84.4 Å². The number of nitrogens with one attached hydrogen (secondary N) is 3. The molecule has 0 saturated carbocycles. The SMILES string of the molecule is O=C(CSc1cccc(NC(=O)/C(=C/c2cccc(Cl)c2)NC(=O)c2ccccc2)c1)Nc1cccc2ccccc12. The number of hydrogen-bond donors (Lipinski definition) is 3. The monoisotopic (exact) mass is 591 g/mol. The molecule has 5 rings (SSSR count). The number of carbonyl (C=O) groups excluding carboxylic acids is 3. The first kappa shape index (κ1) is 28.7. The van der Waals surface area contributed by atoms with E-state index >= 15 is 0 Å². The summed E-state index contributed by atoms with van der Waals surface area (Å²) in [5.74, 6) is -0.870. The Kier molecular flexibility index (Phi) is 9.33. The van der Waals surface area contributed by atoms with Gasteiger partial charge in [0.15, 0.2) is 0 Å². The van der Waals surface area contributed by atoms with Crippen LogP contribution in [0.25, 0.3) is 16.8 Å². The quantitative estimate of drug-likeness (QED) is 0.121. The lowest BCUT2D eigenvalue weighted by molar-refractivity contribution is -0.114. The number of fused-ring (bicyclic) bond motifs is 1. The maximum Gasteiger partial charge on any atom is 0.272 e. The minimum absolute atomic E-state index is 0.0543. The van der Waals surface area contributed by atoms with Crippen LogP contribution in [-0.2, 0) is 9.59 Å². The van der Waals surface area contributed by atoms with E-state index in [9.17, 15) is 14.4 Å². The van der Waals surface area contributed by atoms with Crippen LogP contribution in [0.15, 0.2) is 132 Å². The largest absolute Gasteiger partial charge is 0.325 e. The number of anilines is 2. The first-order valence-electron chi connectivity index (χ1n) is 13.1. The van der Waals surface area contributed by atoms with Gasteiger partial charge < -0.3 is 16.0 Å². The minimum atomic E-state index is -0.505. The molecule has 0 spiro atoms. The van der Waals surface area contributed by atoms with E-state index in [4.69, 9.17) is 11.6 Å². The van der Waals surface area contributed by atoms with Crippen LogP contribution in [0, 0.1) is 0 Å². The van der Waals surface area contributed by atoms with Crippen LogP contribution in [0.3, 0.4) is 0 Å².